The molecule has 4 N–H and O–H groups in total. The zero-order chi connectivity index (χ0) is 27.6. The zero-order valence-electron chi connectivity index (χ0n) is 21.6. The zero-order valence-corrected chi connectivity index (χ0v) is 23.1. The summed E-state index contributed by atoms with van der Waals surface area (Å²) in [4.78, 5) is 28.1. The van der Waals surface area contributed by atoms with Gasteiger partial charge in [0.2, 0.25) is 5.91 Å². The van der Waals surface area contributed by atoms with Gasteiger partial charge in [-0.1, -0.05) is 56.1 Å². The van der Waals surface area contributed by atoms with Crippen molar-refractivity contribution in [2.75, 3.05) is 5.32 Å². The number of ketones is 1. The molecule has 1 aliphatic carbocycles. The number of amides is 1. The number of halogens is 3. The van der Waals surface area contributed by atoms with E-state index in [1.54, 1.807) is 18.2 Å². The number of carbonyl (C=O) groups excluding carboxylic acids is 2. The van der Waals surface area contributed by atoms with Gasteiger partial charge in [-0.05, 0) is 66.0 Å². The first kappa shape index (κ1) is 27.5. The molecule has 2 heterocycles. The maximum Gasteiger partial charge on any atom is 0.237 e. The number of Topliss-reactive ketones (excluding diaryl/α,β-unsaturated/α-hetero) is 1. The lowest BCUT2D eigenvalue weighted by molar-refractivity contribution is -0.123. The molecule has 9 heteroatoms. The third-order valence-corrected chi connectivity index (χ3v) is 8.86. The van der Waals surface area contributed by atoms with Crippen molar-refractivity contribution in [1.82, 2.24) is 5.32 Å². The van der Waals surface area contributed by atoms with Gasteiger partial charge in [0, 0.05) is 29.1 Å². The summed E-state index contributed by atoms with van der Waals surface area (Å²) in [6.07, 6.45) is -0.353. The Morgan fingerprint density at radius 1 is 1.13 bits per heavy atom. The molecule has 5 rings (SSSR count). The van der Waals surface area contributed by atoms with E-state index in [1.165, 1.54) is 12.1 Å². The monoisotopic (exact) mass is 562 g/mol. The minimum absolute atomic E-state index is 0.0929. The Morgan fingerprint density at radius 2 is 1.82 bits per heavy atom. The molecule has 0 aromatic heterocycles. The maximum atomic E-state index is 15.0. The smallest absolute Gasteiger partial charge is 0.237 e. The van der Waals surface area contributed by atoms with Crippen LogP contribution in [-0.4, -0.2) is 46.2 Å². The van der Waals surface area contributed by atoms with E-state index in [9.17, 15) is 24.2 Å². The van der Waals surface area contributed by atoms with Crippen molar-refractivity contribution < 1.29 is 24.2 Å². The predicted octanol–water partition coefficient (Wildman–Crippen LogP) is 4.97. The molecule has 0 bridgehead atoms. The van der Waals surface area contributed by atoms with Crippen molar-refractivity contribution in [2.45, 2.75) is 82.1 Å². The summed E-state index contributed by atoms with van der Waals surface area (Å²) in [5.41, 5.74) is 0.0788. The first-order chi connectivity index (χ1) is 17.8. The fourth-order valence-corrected chi connectivity index (χ4v) is 7.22. The number of rotatable bonds is 5. The van der Waals surface area contributed by atoms with Crippen molar-refractivity contribution in [3.8, 4) is 0 Å². The van der Waals surface area contributed by atoms with Crippen LogP contribution in [0.2, 0.25) is 10.0 Å². The van der Waals surface area contributed by atoms with Crippen LogP contribution in [-0.2, 0) is 15.0 Å². The second-order valence-corrected chi connectivity index (χ2v) is 13.1. The number of benzene rings is 2. The highest BCUT2D eigenvalue weighted by Gasteiger charge is 2.65. The molecule has 1 saturated heterocycles. The van der Waals surface area contributed by atoms with E-state index in [0.717, 1.165) is 0 Å². The molecule has 204 valence electrons. The summed E-state index contributed by atoms with van der Waals surface area (Å²) in [6, 6.07) is 8.60. The summed E-state index contributed by atoms with van der Waals surface area (Å²) in [6.45, 7) is 6.18. The van der Waals surface area contributed by atoms with Gasteiger partial charge in [-0.15, -0.1) is 0 Å². The van der Waals surface area contributed by atoms with E-state index in [2.05, 4.69) is 31.4 Å². The third kappa shape index (κ3) is 4.66. The quantitative estimate of drug-likeness (QED) is 0.412. The Balaban J connectivity index is 1.67. The van der Waals surface area contributed by atoms with Crippen LogP contribution in [0, 0.1) is 17.2 Å². The second kappa shape index (κ2) is 9.86. The Hall–Kier alpha value is -2.03. The number of aliphatic hydroxyl groups is 2. The van der Waals surface area contributed by atoms with Crippen molar-refractivity contribution in [3.05, 3.63) is 63.4 Å². The van der Waals surface area contributed by atoms with Crippen LogP contribution in [0.5, 0.6) is 0 Å². The summed E-state index contributed by atoms with van der Waals surface area (Å²) < 4.78 is 15.0. The number of anilines is 1. The molecular formula is C29H33Cl2FN2O4. The molecule has 1 saturated carbocycles. The minimum atomic E-state index is -1.30. The number of hydrogen-bond donors (Lipinski definition) is 4. The topological polar surface area (TPSA) is 98.7 Å². The Labute approximate surface area is 231 Å². The molecule has 38 heavy (non-hydrogen) atoms. The van der Waals surface area contributed by atoms with Gasteiger partial charge in [0.15, 0.2) is 5.78 Å². The van der Waals surface area contributed by atoms with Crippen LogP contribution in [0.25, 0.3) is 0 Å². The lowest BCUT2D eigenvalue weighted by Crippen LogP contribution is -2.49. The number of hydrogen-bond acceptors (Lipinski definition) is 5. The van der Waals surface area contributed by atoms with Crippen molar-refractivity contribution in [3.63, 3.8) is 0 Å². The summed E-state index contributed by atoms with van der Waals surface area (Å²) >= 11 is 12.5. The molecule has 1 unspecified atom stereocenters. The molecular weight excluding hydrogens is 530 g/mol. The Morgan fingerprint density at radius 3 is 2.45 bits per heavy atom. The highest BCUT2D eigenvalue weighted by atomic mass is 35.5. The van der Waals surface area contributed by atoms with Gasteiger partial charge in [-0.2, -0.15) is 0 Å². The fourth-order valence-electron chi connectivity index (χ4n) is 6.86. The van der Waals surface area contributed by atoms with E-state index < -0.39 is 41.4 Å². The number of carbonyl (C=O) groups is 2. The van der Waals surface area contributed by atoms with Crippen molar-refractivity contribution in [2.24, 2.45) is 11.3 Å². The average molecular weight is 563 g/mol. The van der Waals surface area contributed by atoms with E-state index >= 15 is 0 Å². The van der Waals surface area contributed by atoms with Crippen LogP contribution >= 0.6 is 23.2 Å². The van der Waals surface area contributed by atoms with Gasteiger partial charge in [0.25, 0.3) is 0 Å². The molecule has 2 fully saturated rings. The summed E-state index contributed by atoms with van der Waals surface area (Å²) in [7, 11) is 0. The molecule has 2 aromatic rings. The first-order valence-corrected chi connectivity index (χ1v) is 13.8. The molecule has 6 nitrogen and oxygen atoms in total. The minimum Gasteiger partial charge on any atom is -0.390 e. The van der Waals surface area contributed by atoms with Crippen molar-refractivity contribution >= 4 is 40.6 Å². The Kier molecular flexibility index (Phi) is 7.15. The highest BCUT2D eigenvalue weighted by Crippen LogP contribution is 2.57. The highest BCUT2D eigenvalue weighted by molar-refractivity contribution is 6.31. The first-order valence-electron chi connectivity index (χ1n) is 13.0. The maximum absolute atomic E-state index is 15.0. The molecule has 2 aromatic carbocycles. The van der Waals surface area contributed by atoms with Gasteiger partial charge >= 0.3 is 0 Å². The van der Waals surface area contributed by atoms with Gasteiger partial charge in [0.05, 0.1) is 23.3 Å². The molecule has 1 spiro atoms. The third-order valence-electron chi connectivity index (χ3n) is 8.34. The molecule has 0 radical (unpaired) electrons. The molecule has 3 aliphatic rings. The lowest BCUT2D eigenvalue weighted by atomic mass is 9.62. The predicted molar refractivity (Wildman–Crippen MR) is 145 cm³/mol. The fraction of sp³-hybridized carbons (Fsp3) is 0.517. The summed E-state index contributed by atoms with van der Waals surface area (Å²) in [5.74, 6) is -1.92. The normalized spacial score (nSPS) is 32.6. The van der Waals surface area contributed by atoms with Gasteiger partial charge in [0.1, 0.15) is 11.2 Å². The summed E-state index contributed by atoms with van der Waals surface area (Å²) in [5, 5.41) is 26.9. The van der Waals surface area contributed by atoms with Crippen LogP contribution in [0.1, 0.15) is 63.5 Å². The van der Waals surface area contributed by atoms with Gasteiger partial charge in [-0.25, -0.2) is 4.39 Å². The van der Waals surface area contributed by atoms with Crippen LogP contribution in [0.4, 0.5) is 10.1 Å². The van der Waals surface area contributed by atoms with E-state index in [0.29, 0.717) is 41.1 Å². The second-order valence-electron chi connectivity index (χ2n) is 12.3. The van der Waals surface area contributed by atoms with E-state index in [4.69, 9.17) is 23.2 Å². The Bertz CT molecular complexity index is 1270. The van der Waals surface area contributed by atoms with Crippen LogP contribution < -0.4 is 10.6 Å². The molecule has 7 atom stereocenters. The standard InChI is InChI=1S/C29H33Cl2FN2O4/c1-28(2,3)13-24-29(17-11-19(32)18(31)12-20(17)33-27(29)38)25(15-5-4-6-16(30)10-15)26(34-24)23(37)9-14-7-21(35)22(36)8-14/h4-6,10-12,14,21-22,24-26,34-36H,7-9,13H2,1-3H3,(H,33,38)/t14?,21-,22+,24-,25+,26+,29+/m1/s1. The van der Waals surface area contributed by atoms with E-state index in [-0.39, 0.29) is 34.5 Å². The average Bonchev–Trinajstić information content (AvgIpc) is 3.40. The van der Waals surface area contributed by atoms with Crippen molar-refractivity contribution in [1.29, 1.82) is 0 Å². The van der Waals surface area contributed by atoms with E-state index in [1.807, 2.05) is 6.07 Å². The number of fused-ring (bicyclic) bond motifs is 2. The number of nitrogens with one attached hydrogen (secondary N) is 2. The van der Waals surface area contributed by atoms with Gasteiger partial charge in [-0.3, -0.25) is 9.59 Å². The van der Waals surface area contributed by atoms with Crippen LogP contribution in [0.15, 0.2) is 36.4 Å². The van der Waals surface area contributed by atoms with Gasteiger partial charge < -0.3 is 20.8 Å². The molecule has 1 amide bonds. The lowest BCUT2D eigenvalue weighted by Gasteiger charge is -2.37. The van der Waals surface area contributed by atoms with Crippen LogP contribution in [0.3, 0.4) is 0 Å². The molecule has 2 aliphatic heterocycles. The SMILES string of the molecule is CC(C)(C)C[C@H]1N[C@@H](C(=O)CC2C[C@@H](O)[C@@H](O)C2)[C@H](c2cccc(Cl)c2)[C@@]12C(=O)Nc1cc(Cl)c(F)cc12. The largest absolute Gasteiger partial charge is 0.390 e. The number of aliphatic hydroxyl groups excluding tert-OH is 2.